The zero-order valence-electron chi connectivity index (χ0n) is 11.8. The van der Waals surface area contributed by atoms with Crippen LogP contribution in [0.3, 0.4) is 0 Å². The third kappa shape index (κ3) is 4.76. The molecule has 0 saturated carbocycles. The highest BCUT2D eigenvalue weighted by atomic mass is 16.2. The number of hydrogen-bond acceptors (Lipinski definition) is 2. The van der Waals surface area contributed by atoms with Crippen molar-refractivity contribution >= 4 is 5.91 Å². The Labute approximate surface area is 115 Å². The van der Waals surface area contributed by atoms with Gasteiger partial charge in [0.25, 0.3) is 5.91 Å². The Balaban J connectivity index is 2.95. The van der Waals surface area contributed by atoms with Gasteiger partial charge in [-0.15, -0.1) is 0 Å². The summed E-state index contributed by atoms with van der Waals surface area (Å²) in [7, 11) is 0. The van der Waals surface area contributed by atoms with Gasteiger partial charge in [0, 0.05) is 11.6 Å². The number of nitrogens with one attached hydrogen (secondary N) is 1. The van der Waals surface area contributed by atoms with E-state index in [0.717, 1.165) is 18.4 Å². The van der Waals surface area contributed by atoms with Crippen LogP contribution in [0, 0.1) is 18.8 Å². The molecule has 19 heavy (non-hydrogen) atoms. The van der Waals surface area contributed by atoms with E-state index in [1.54, 1.807) is 6.07 Å². The van der Waals surface area contributed by atoms with Crippen molar-refractivity contribution in [2.75, 3.05) is 6.61 Å². The number of rotatable bonds is 4. The zero-order valence-corrected chi connectivity index (χ0v) is 11.8. The molecule has 1 aromatic carbocycles. The van der Waals surface area contributed by atoms with Gasteiger partial charge in [-0.05, 0) is 38.0 Å². The first-order chi connectivity index (χ1) is 9.08. The van der Waals surface area contributed by atoms with E-state index in [0.29, 0.717) is 11.1 Å². The molecule has 0 saturated heterocycles. The number of benzene rings is 1. The Morgan fingerprint density at radius 1 is 1.47 bits per heavy atom. The minimum Gasteiger partial charge on any atom is -0.384 e. The number of carbonyl (C=O) groups is 1. The predicted molar refractivity (Wildman–Crippen MR) is 77.0 cm³/mol. The van der Waals surface area contributed by atoms with Crippen LogP contribution in [0.5, 0.6) is 0 Å². The summed E-state index contributed by atoms with van der Waals surface area (Å²) in [5.41, 5.74) is 2.27. The van der Waals surface area contributed by atoms with Gasteiger partial charge in [-0.25, -0.2) is 0 Å². The third-order valence-electron chi connectivity index (χ3n) is 2.82. The highest BCUT2D eigenvalue weighted by Gasteiger charge is 2.12. The monoisotopic (exact) mass is 259 g/mol. The smallest absolute Gasteiger partial charge is 0.252 e. The second-order valence-electron chi connectivity index (χ2n) is 4.67. The number of amides is 1. The van der Waals surface area contributed by atoms with E-state index in [-0.39, 0.29) is 18.6 Å². The summed E-state index contributed by atoms with van der Waals surface area (Å²) in [4.78, 5) is 12.2. The number of aliphatic hydroxyl groups excluding tert-OH is 1. The Hall–Kier alpha value is -1.79. The second-order valence-corrected chi connectivity index (χ2v) is 4.67. The van der Waals surface area contributed by atoms with E-state index in [9.17, 15) is 4.79 Å². The predicted octanol–water partition coefficient (Wildman–Crippen LogP) is 2.26. The van der Waals surface area contributed by atoms with Crippen LogP contribution in [0.25, 0.3) is 0 Å². The molecule has 1 rings (SSSR count). The Morgan fingerprint density at radius 2 is 2.21 bits per heavy atom. The molecule has 1 atom stereocenters. The molecule has 1 unspecified atom stereocenters. The van der Waals surface area contributed by atoms with Gasteiger partial charge >= 0.3 is 0 Å². The third-order valence-corrected chi connectivity index (χ3v) is 2.82. The first kappa shape index (κ1) is 15.3. The SMILES string of the molecule is CCCC(C)NC(=O)c1ccc(C)cc1C#CCO. The Kier molecular flexibility index (Phi) is 6.11. The summed E-state index contributed by atoms with van der Waals surface area (Å²) in [6.07, 6.45) is 1.99. The van der Waals surface area contributed by atoms with Crippen LogP contribution in [0.1, 0.15) is 48.2 Å². The van der Waals surface area contributed by atoms with Gasteiger partial charge in [0.15, 0.2) is 0 Å². The summed E-state index contributed by atoms with van der Waals surface area (Å²) < 4.78 is 0. The maximum atomic E-state index is 12.2. The molecule has 0 spiro atoms. The van der Waals surface area contributed by atoms with Gasteiger partial charge in [0.05, 0.1) is 5.56 Å². The molecule has 0 fully saturated rings. The second kappa shape index (κ2) is 7.60. The fourth-order valence-corrected chi connectivity index (χ4v) is 1.90. The minimum atomic E-state index is -0.207. The van der Waals surface area contributed by atoms with E-state index in [2.05, 4.69) is 24.1 Å². The lowest BCUT2D eigenvalue weighted by atomic mass is 10.0. The molecular formula is C16H21NO2. The fourth-order valence-electron chi connectivity index (χ4n) is 1.90. The Morgan fingerprint density at radius 3 is 2.84 bits per heavy atom. The number of carbonyl (C=O) groups excluding carboxylic acids is 1. The van der Waals surface area contributed by atoms with Crippen LogP contribution in [0.2, 0.25) is 0 Å². The Bertz CT molecular complexity index is 497. The maximum Gasteiger partial charge on any atom is 0.252 e. The van der Waals surface area contributed by atoms with Crippen molar-refractivity contribution in [1.29, 1.82) is 0 Å². The number of hydrogen-bond donors (Lipinski definition) is 2. The summed E-state index contributed by atoms with van der Waals surface area (Å²) in [6, 6.07) is 5.69. The summed E-state index contributed by atoms with van der Waals surface area (Å²) in [5.74, 6) is 5.31. The molecule has 102 valence electrons. The van der Waals surface area contributed by atoms with Crippen LogP contribution in [0.4, 0.5) is 0 Å². The van der Waals surface area contributed by atoms with Crippen molar-refractivity contribution in [3.05, 3.63) is 34.9 Å². The molecule has 1 aromatic rings. The molecule has 0 aliphatic carbocycles. The number of aliphatic hydroxyl groups is 1. The highest BCUT2D eigenvalue weighted by Crippen LogP contribution is 2.11. The molecule has 2 N–H and O–H groups in total. The lowest BCUT2D eigenvalue weighted by molar-refractivity contribution is 0.0938. The van der Waals surface area contributed by atoms with Crippen LogP contribution in [-0.2, 0) is 0 Å². The van der Waals surface area contributed by atoms with Crippen molar-refractivity contribution < 1.29 is 9.90 Å². The topological polar surface area (TPSA) is 49.3 Å². The van der Waals surface area contributed by atoms with Crippen LogP contribution in [0.15, 0.2) is 18.2 Å². The normalized spacial score (nSPS) is 11.4. The van der Waals surface area contributed by atoms with Crippen molar-refractivity contribution in [3.8, 4) is 11.8 Å². The van der Waals surface area contributed by atoms with Gasteiger partial charge in [-0.1, -0.05) is 31.3 Å². The molecule has 0 radical (unpaired) electrons. The molecule has 3 nitrogen and oxygen atoms in total. The average Bonchev–Trinajstić information content (AvgIpc) is 2.36. The zero-order chi connectivity index (χ0) is 14.3. The van der Waals surface area contributed by atoms with Gasteiger partial charge in [-0.3, -0.25) is 4.79 Å². The summed E-state index contributed by atoms with van der Waals surface area (Å²) in [5, 5.41) is 11.7. The van der Waals surface area contributed by atoms with Crippen molar-refractivity contribution in [2.45, 2.75) is 39.7 Å². The van der Waals surface area contributed by atoms with Crippen LogP contribution in [-0.4, -0.2) is 23.7 Å². The summed E-state index contributed by atoms with van der Waals surface area (Å²) >= 11 is 0. The van der Waals surface area contributed by atoms with E-state index in [4.69, 9.17) is 5.11 Å². The fraction of sp³-hybridized carbons (Fsp3) is 0.438. The van der Waals surface area contributed by atoms with E-state index >= 15 is 0 Å². The largest absolute Gasteiger partial charge is 0.384 e. The lowest BCUT2D eigenvalue weighted by Gasteiger charge is -2.13. The van der Waals surface area contributed by atoms with E-state index in [1.165, 1.54) is 0 Å². The van der Waals surface area contributed by atoms with E-state index < -0.39 is 0 Å². The van der Waals surface area contributed by atoms with Crippen molar-refractivity contribution in [1.82, 2.24) is 5.32 Å². The maximum absolute atomic E-state index is 12.2. The first-order valence-corrected chi connectivity index (χ1v) is 6.59. The van der Waals surface area contributed by atoms with Gasteiger partial charge < -0.3 is 10.4 Å². The van der Waals surface area contributed by atoms with Gasteiger partial charge in [0.1, 0.15) is 6.61 Å². The van der Waals surface area contributed by atoms with Crippen LogP contribution >= 0.6 is 0 Å². The molecule has 0 aromatic heterocycles. The lowest BCUT2D eigenvalue weighted by Crippen LogP contribution is -2.32. The van der Waals surface area contributed by atoms with Gasteiger partial charge in [0.2, 0.25) is 0 Å². The highest BCUT2D eigenvalue weighted by molar-refractivity contribution is 5.97. The van der Waals surface area contributed by atoms with Crippen molar-refractivity contribution in [2.24, 2.45) is 0 Å². The van der Waals surface area contributed by atoms with Crippen molar-refractivity contribution in [3.63, 3.8) is 0 Å². The molecule has 3 heteroatoms. The molecular weight excluding hydrogens is 238 g/mol. The average molecular weight is 259 g/mol. The van der Waals surface area contributed by atoms with Gasteiger partial charge in [-0.2, -0.15) is 0 Å². The molecule has 0 aliphatic heterocycles. The summed E-state index contributed by atoms with van der Waals surface area (Å²) in [6.45, 7) is 5.83. The standard InChI is InChI=1S/C16H21NO2/c1-4-6-13(3)17-16(19)15-9-8-12(2)11-14(15)7-5-10-18/h8-9,11,13,18H,4,6,10H2,1-3H3,(H,17,19). The molecule has 0 bridgehead atoms. The van der Waals surface area contributed by atoms with E-state index in [1.807, 2.05) is 26.0 Å². The van der Waals surface area contributed by atoms with Crippen LogP contribution < -0.4 is 5.32 Å². The molecule has 0 heterocycles. The first-order valence-electron chi connectivity index (χ1n) is 6.59. The minimum absolute atomic E-state index is 0.108. The molecule has 1 amide bonds. The molecule has 0 aliphatic rings. The quantitative estimate of drug-likeness (QED) is 0.815. The number of aryl methyl sites for hydroxylation is 1.